The van der Waals surface area contributed by atoms with E-state index >= 15 is 0 Å². The van der Waals surface area contributed by atoms with Gasteiger partial charge in [-0.3, -0.25) is 9.59 Å². The van der Waals surface area contributed by atoms with Crippen molar-refractivity contribution in [1.82, 2.24) is 0 Å². The topological polar surface area (TPSA) is 43.4 Å². The fraction of sp³-hybridized carbons (Fsp3) is 0.500. The van der Waals surface area contributed by atoms with Crippen LogP contribution >= 0.6 is 0 Å². The van der Waals surface area contributed by atoms with Gasteiger partial charge in [-0.05, 0) is 18.6 Å². The fourth-order valence-corrected chi connectivity index (χ4v) is 2.79. The van der Waals surface area contributed by atoms with E-state index in [4.69, 9.17) is 4.74 Å². The highest BCUT2D eigenvalue weighted by Gasteiger charge is 2.27. The number of hydrogen-bond acceptors (Lipinski definition) is 3. The minimum atomic E-state index is -1.38. The molecule has 1 aliphatic carbocycles. The zero-order valence-corrected chi connectivity index (χ0v) is 11.3. The first-order valence-electron chi connectivity index (χ1n) is 5.38. The first-order valence-corrected chi connectivity index (χ1v) is 8.88. The van der Waals surface area contributed by atoms with Crippen molar-refractivity contribution in [2.24, 2.45) is 0 Å². The summed E-state index contributed by atoms with van der Waals surface area (Å²) in [5.74, 6) is -0.245. The third-order valence-electron chi connectivity index (χ3n) is 2.58. The highest BCUT2D eigenvalue weighted by molar-refractivity contribution is 6.83. The van der Waals surface area contributed by atoms with Crippen molar-refractivity contribution in [1.29, 1.82) is 0 Å². The highest BCUT2D eigenvalue weighted by Crippen LogP contribution is 2.28. The smallest absolute Gasteiger partial charge is 0.302 e. The van der Waals surface area contributed by atoms with Crippen molar-refractivity contribution < 1.29 is 14.3 Å². The summed E-state index contributed by atoms with van der Waals surface area (Å²) < 4.78 is 4.79. The number of hydrogen-bond donors (Lipinski definition) is 0. The maximum atomic E-state index is 11.6. The SMILES string of the molecule is CC(=O)OC/C=C1\CC([Si](C)(C)C)=CC1=O. The van der Waals surface area contributed by atoms with Crippen LogP contribution in [0.2, 0.25) is 19.6 Å². The fourth-order valence-electron chi connectivity index (χ4n) is 1.51. The molecule has 0 atom stereocenters. The summed E-state index contributed by atoms with van der Waals surface area (Å²) in [5, 5.41) is 1.27. The Morgan fingerprint density at radius 2 is 2.12 bits per heavy atom. The van der Waals surface area contributed by atoms with Gasteiger partial charge >= 0.3 is 5.97 Å². The molecule has 0 N–H and O–H groups in total. The molecule has 0 radical (unpaired) electrons. The van der Waals surface area contributed by atoms with Gasteiger partial charge in [-0.15, -0.1) is 0 Å². The number of allylic oxidation sites excluding steroid dienone is 3. The van der Waals surface area contributed by atoms with Gasteiger partial charge in [0, 0.05) is 12.5 Å². The zero-order valence-electron chi connectivity index (χ0n) is 10.3. The van der Waals surface area contributed by atoms with Crippen molar-refractivity contribution in [2.75, 3.05) is 6.61 Å². The Bertz CT molecular complexity index is 372. The van der Waals surface area contributed by atoms with Crippen molar-refractivity contribution in [3.8, 4) is 0 Å². The Morgan fingerprint density at radius 3 is 2.56 bits per heavy atom. The summed E-state index contributed by atoms with van der Waals surface area (Å²) in [5.41, 5.74) is 0.763. The lowest BCUT2D eigenvalue weighted by Crippen LogP contribution is -2.22. The van der Waals surface area contributed by atoms with Crippen molar-refractivity contribution >= 4 is 19.8 Å². The highest BCUT2D eigenvalue weighted by atomic mass is 28.3. The van der Waals surface area contributed by atoms with Crippen LogP contribution in [0.15, 0.2) is 22.9 Å². The number of carbonyl (C=O) groups is 2. The van der Waals surface area contributed by atoms with Crippen molar-refractivity contribution in [3.05, 3.63) is 22.9 Å². The van der Waals surface area contributed by atoms with E-state index in [1.165, 1.54) is 12.1 Å². The van der Waals surface area contributed by atoms with Crippen LogP contribution in [0, 0.1) is 0 Å². The summed E-state index contributed by atoms with van der Waals surface area (Å²) in [4.78, 5) is 22.2. The summed E-state index contributed by atoms with van der Waals surface area (Å²) >= 11 is 0. The largest absolute Gasteiger partial charge is 0.462 e. The molecule has 3 nitrogen and oxygen atoms in total. The lowest BCUT2D eigenvalue weighted by Gasteiger charge is -2.16. The van der Waals surface area contributed by atoms with E-state index < -0.39 is 8.07 Å². The van der Waals surface area contributed by atoms with E-state index in [2.05, 4.69) is 19.6 Å². The van der Waals surface area contributed by atoms with E-state index in [0.29, 0.717) is 0 Å². The predicted molar refractivity (Wildman–Crippen MR) is 65.8 cm³/mol. The van der Waals surface area contributed by atoms with E-state index in [1.807, 2.05) is 0 Å². The molecular formula is C12H18O3Si. The van der Waals surface area contributed by atoms with Gasteiger partial charge in [0.05, 0.1) is 8.07 Å². The van der Waals surface area contributed by atoms with Gasteiger partial charge < -0.3 is 4.74 Å². The molecule has 0 saturated heterocycles. The quantitative estimate of drug-likeness (QED) is 0.430. The number of ether oxygens (including phenoxy) is 1. The van der Waals surface area contributed by atoms with Crippen LogP contribution in [0.5, 0.6) is 0 Å². The maximum Gasteiger partial charge on any atom is 0.302 e. The average Bonchev–Trinajstić information content (AvgIpc) is 2.46. The van der Waals surface area contributed by atoms with E-state index in [1.54, 1.807) is 12.2 Å². The number of ketones is 1. The Labute approximate surface area is 97.2 Å². The van der Waals surface area contributed by atoms with Gasteiger partial charge in [0.15, 0.2) is 5.78 Å². The van der Waals surface area contributed by atoms with Crippen LogP contribution in [-0.2, 0) is 14.3 Å². The van der Waals surface area contributed by atoms with Crippen LogP contribution in [-0.4, -0.2) is 26.4 Å². The monoisotopic (exact) mass is 238 g/mol. The number of rotatable bonds is 3. The second kappa shape index (κ2) is 4.78. The number of carbonyl (C=O) groups excluding carboxylic acids is 2. The minimum Gasteiger partial charge on any atom is -0.462 e. The van der Waals surface area contributed by atoms with Gasteiger partial charge in [0.25, 0.3) is 0 Å². The molecule has 88 valence electrons. The third-order valence-corrected chi connectivity index (χ3v) is 4.83. The summed E-state index contributed by atoms with van der Waals surface area (Å²) in [7, 11) is -1.38. The third kappa shape index (κ3) is 3.45. The molecule has 0 aromatic carbocycles. The molecule has 0 aromatic heterocycles. The van der Waals surface area contributed by atoms with Crippen LogP contribution in [0.1, 0.15) is 13.3 Å². The maximum absolute atomic E-state index is 11.6. The Kier molecular flexibility index (Phi) is 3.86. The Morgan fingerprint density at radius 1 is 1.50 bits per heavy atom. The molecule has 1 rings (SSSR count). The molecule has 0 fully saturated rings. The first-order chi connectivity index (χ1) is 7.30. The van der Waals surface area contributed by atoms with Crippen molar-refractivity contribution in [2.45, 2.75) is 33.0 Å². The number of esters is 1. The molecule has 0 unspecified atom stereocenters. The molecule has 0 saturated carbocycles. The lowest BCUT2D eigenvalue weighted by molar-refractivity contribution is -0.139. The first kappa shape index (κ1) is 12.9. The summed E-state index contributed by atoms with van der Waals surface area (Å²) in [6.07, 6.45) is 4.20. The van der Waals surface area contributed by atoms with Crippen LogP contribution in [0.3, 0.4) is 0 Å². The molecule has 0 heterocycles. The molecule has 4 heteroatoms. The van der Waals surface area contributed by atoms with Gasteiger partial charge in [-0.2, -0.15) is 0 Å². The van der Waals surface area contributed by atoms with Crippen LogP contribution in [0.25, 0.3) is 0 Å². The van der Waals surface area contributed by atoms with Gasteiger partial charge in [-0.1, -0.05) is 24.8 Å². The Balaban J connectivity index is 2.63. The second-order valence-corrected chi connectivity index (χ2v) is 10.1. The molecular weight excluding hydrogens is 220 g/mol. The van der Waals surface area contributed by atoms with Crippen LogP contribution < -0.4 is 0 Å². The van der Waals surface area contributed by atoms with E-state index in [9.17, 15) is 9.59 Å². The molecule has 0 bridgehead atoms. The van der Waals surface area contributed by atoms with Crippen molar-refractivity contribution in [3.63, 3.8) is 0 Å². The second-order valence-electron chi connectivity index (χ2n) is 4.99. The average molecular weight is 238 g/mol. The molecule has 0 aliphatic heterocycles. The van der Waals surface area contributed by atoms with Crippen LogP contribution in [0.4, 0.5) is 0 Å². The van der Waals surface area contributed by atoms with Gasteiger partial charge in [0.2, 0.25) is 0 Å². The lowest BCUT2D eigenvalue weighted by atomic mass is 10.2. The standard InChI is InChI=1S/C12H18O3Si/c1-9(13)15-6-5-10-7-11(8-12(10)14)16(2,3)4/h5,8H,6-7H2,1-4H3/b10-5+. The van der Waals surface area contributed by atoms with E-state index in [-0.39, 0.29) is 18.4 Å². The summed E-state index contributed by atoms with van der Waals surface area (Å²) in [6.45, 7) is 8.23. The predicted octanol–water partition coefficient (Wildman–Crippen LogP) is 2.25. The minimum absolute atomic E-state index is 0.0737. The molecule has 1 aliphatic rings. The molecule has 0 spiro atoms. The Hall–Kier alpha value is -1.16. The normalized spacial score (nSPS) is 18.9. The van der Waals surface area contributed by atoms with Gasteiger partial charge in [-0.25, -0.2) is 0 Å². The molecule has 0 aromatic rings. The molecule has 0 amide bonds. The zero-order chi connectivity index (χ0) is 12.3. The van der Waals surface area contributed by atoms with Gasteiger partial charge in [0.1, 0.15) is 6.61 Å². The summed E-state index contributed by atoms with van der Waals surface area (Å²) in [6, 6.07) is 0. The molecule has 16 heavy (non-hydrogen) atoms. The van der Waals surface area contributed by atoms with E-state index in [0.717, 1.165) is 12.0 Å².